The summed E-state index contributed by atoms with van der Waals surface area (Å²) in [6, 6.07) is 0. The molecule has 0 spiro atoms. The molecule has 0 saturated heterocycles. The number of carbonyl (C=O) groups is 2. The molecule has 9 heteroatoms. The van der Waals surface area contributed by atoms with Gasteiger partial charge in [-0.1, -0.05) is 145 Å². The number of ether oxygens (including phenoxy) is 1. The van der Waals surface area contributed by atoms with Gasteiger partial charge in [0.05, 0.1) is 19.1 Å². The number of carbonyl (C=O) groups excluding carboxylic acids is 2. The lowest BCUT2D eigenvalue weighted by Crippen LogP contribution is -2.52. The Morgan fingerprint density at radius 1 is 0.689 bits per heavy atom. The second-order valence-electron chi connectivity index (χ2n) is 13.4. The van der Waals surface area contributed by atoms with Crippen molar-refractivity contribution in [2.45, 2.75) is 176 Å². The molecule has 7 unspecified atom stereocenters. The standard InChI is InChI=1S/C36H70ClO7P/c1-9-17-21-29(13-5)25-33(34(38)42-27-31(15-7)23-19-11-3)36(35(39)44-37,26-30(14-6)22-18-10-2)45(40,41)43-28-32(16-8)24-20-12-4/h29-33H,9-28H2,1-8H3,(H,40,41). The van der Waals surface area contributed by atoms with Gasteiger partial charge in [-0.15, -0.1) is 0 Å². The quantitative estimate of drug-likeness (QED) is 0.0620. The zero-order valence-corrected chi connectivity index (χ0v) is 31.9. The highest BCUT2D eigenvalue weighted by Gasteiger charge is 2.65. The number of hydrogen-bond acceptors (Lipinski definition) is 6. The summed E-state index contributed by atoms with van der Waals surface area (Å²) >= 11 is 5.85. The summed E-state index contributed by atoms with van der Waals surface area (Å²) in [5.74, 6) is -2.72. The molecule has 0 aromatic carbocycles. The summed E-state index contributed by atoms with van der Waals surface area (Å²) in [6.07, 6.45) is 14.5. The van der Waals surface area contributed by atoms with Crippen molar-refractivity contribution in [1.29, 1.82) is 0 Å². The summed E-state index contributed by atoms with van der Waals surface area (Å²) in [5.41, 5.74) is 0. The molecule has 0 amide bonds. The van der Waals surface area contributed by atoms with E-state index >= 15 is 0 Å². The summed E-state index contributed by atoms with van der Waals surface area (Å²) < 4.78 is 31.7. The van der Waals surface area contributed by atoms with Crippen LogP contribution in [-0.4, -0.2) is 35.2 Å². The molecule has 7 nitrogen and oxygen atoms in total. The molecule has 7 atom stereocenters. The number of hydrogen-bond donors (Lipinski definition) is 1. The Kier molecular flexibility index (Phi) is 25.1. The Labute approximate surface area is 282 Å². The zero-order valence-electron chi connectivity index (χ0n) is 30.3. The molecule has 0 fully saturated rings. The topological polar surface area (TPSA) is 99.1 Å². The molecular weight excluding hydrogens is 611 g/mol. The lowest BCUT2D eigenvalue weighted by Gasteiger charge is -2.42. The van der Waals surface area contributed by atoms with Crippen LogP contribution in [0, 0.1) is 29.6 Å². The fourth-order valence-corrected chi connectivity index (χ4v) is 8.67. The van der Waals surface area contributed by atoms with Crippen molar-refractivity contribution in [3.05, 3.63) is 0 Å². The molecule has 0 aliphatic heterocycles. The van der Waals surface area contributed by atoms with E-state index in [1.807, 2.05) is 13.8 Å². The van der Waals surface area contributed by atoms with E-state index < -0.39 is 30.6 Å². The van der Waals surface area contributed by atoms with Gasteiger partial charge in [0.15, 0.2) is 5.16 Å². The number of esters is 1. The number of halogens is 1. The molecule has 0 aromatic rings. The molecule has 268 valence electrons. The van der Waals surface area contributed by atoms with Gasteiger partial charge in [-0.3, -0.25) is 9.36 Å². The first-order valence-corrected chi connectivity index (χ1v) is 20.4. The molecule has 0 saturated carbocycles. The van der Waals surface area contributed by atoms with E-state index in [1.165, 1.54) is 0 Å². The molecule has 45 heavy (non-hydrogen) atoms. The Morgan fingerprint density at radius 3 is 1.53 bits per heavy atom. The molecule has 0 rings (SSSR count). The van der Waals surface area contributed by atoms with Gasteiger partial charge in [-0.2, -0.15) is 0 Å². The Morgan fingerprint density at radius 2 is 1.11 bits per heavy atom. The van der Waals surface area contributed by atoms with E-state index in [1.54, 1.807) is 0 Å². The molecule has 0 radical (unpaired) electrons. The SMILES string of the molecule is CCCCC(CC)COC(=O)C(CC(CC)CCCC)C(CC(CC)CCCC)(C(=O)OCl)P(=O)(O)OCC(CC)CCCC. The maximum Gasteiger partial charge on any atom is 0.346 e. The van der Waals surface area contributed by atoms with Crippen molar-refractivity contribution >= 4 is 31.4 Å². The van der Waals surface area contributed by atoms with Gasteiger partial charge in [-0.05, 0) is 49.4 Å². The molecule has 0 aliphatic carbocycles. The largest absolute Gasteiger partial charge is 0.465 e. The van der Waals surface area contributed by atoms with Crippen molar-refractivity contribution in [2.24, 2.45) is 29.6 Å². The van der Waals surface area contributed by atoms with Crippen LogP contribution in [0.4, 0.5) is 0 Å². The molecule has 0 heterocycles. The molecule has 0 bridgehead atoms. The highest BCUT2D eigenvalue weighted by molar-refractivity contribution is 7.56. The number of unbranched alkanes of at least 4 members (excludes halogenated alkanes) is 4. The van der Waals surface area contributed by atoms with Crippen LogP contribution in [0.3, 0.4) is 0 Å². The van der Waals surface area contributed by atoms with Gasteiger partial charge in [0.25, 0.3) is 0 Å². The van der Waals surface area contributed by atoms with Crippen molar-refractivity contribution in [3.63, 3.8) is 0 Å². The van der Waals surface area contributed by atoms with Gasteiger partial charge in [0.1, 0.15) is 11.9 Å². The van der Waals surface area contributed by atoms with Gasteiger partial charge >= 0.3 is 19.5 Å². The molecule has 0 aliphatic rings. The number of rotatable bonds is 29. The van der Waals surface area contributed by atoms with E-state index in [0.29, 0.717) is 6.42 Å². The highest BCUT2D eigenvalue weighted by atomic mass is 35.5. The summed E-state index contributed by atoms with van der Waals surface area (Å²) in [6.45, 7) is 16.9. The minimum Gasteiger partial charge on any atom is -0.465 e. The fourth-order valence-electron chi connectivity index (χ4n) is 6.47. The van der Waals surface area contributed by atoms with Crippen LogP contribution < -0.4 is 0 Å². The predicted molar refractivity (Wildman–Crippen MR) is 187 cm³/mol. The summed E-state index contributed by atoms with van der Waals surface area (Å²) in [4.78, 5) is 40.5. The maximum atomic E-state index is 14.8. The van der Waals surface area contributed by atoms with Gasteiger partial charge in [0.2, 0.25) is 0 Å². The lowest BCUT2D eigenvalue weighted by atomic mass is 9.75. The Bertz CT molecular complexity index is 825. The molecule has 0 aromatic heterocycles. The molecule has 1 N–H and O–H groups in total. The van der Waals surface area contributed by atoms with Crippen molar-refractivity contribution < 1.29 is 32.6 Å². The van der Waals surface area contributed by atoms with Crippen LogP contribution in [-0.2, 0) is 27.7 Å². The predicted octanol–water partition coefficient (Wildman–Crippen LogP) is 11.4. The van der Waals surface area contributed by atoms with Crippen LogP contribution in [0.25, 0.3) is 0 Å². The van der Waals surface area contributed by atoms with Crippen molar-refractivity contribution in [1.82, 2.24) is 0 Å². The minimum atomic E-state index is -4.84. The Balaban J connectivity index is 7.16. The minimum absolute atomic E-state index is 0.0222. The second kappa shape index (κ2) is 25.4. The van der Waals surface area contributed by atoms with E-state index in [0.717, 1.165) is 96.3 Å². The first-order valence-electron chi connectivity index (χ1n) is 18.5. The first-order chi connectivity index (χ1) is 21.5. The van der Waals surface area contributed by atoms with Crippen LogP contribution >= 0.6 is 19.5 Å². The van der Waals surface area contributed by atoms with E-state index in [-0.39, 0.29) is 49.7 Å². The first kappa shape index (κ1) is 44.4. The molecular formula is C36H70ClO7P. The van der Waals surface area contributed by atoms with Crippen molar-refractivity contribution in [2.75, 3.05) is 13.2 Å². The average molecular weight is 681 g/mol. The Hall–Kier alpha value is -0.620. The third-order valence-electron chi connectivity index (χ3n) is 10.1. The highest BCUT2D eigenvalue weighted by Crippen LogP contribution is 2.64. The van der Waals surface area contributed by atoms with E-state index in [9.17, 15) is 19.0 Å². The monoisotopic (exact) mass is 680 g/mol. The van der Waals surface area contributed by atoms with E-state index in [2.05, 4.69) is 41.5 Å². The lowest BCUT2D eigenvalue weighted by molar-refractivity contribution is -0.158. The van der Waals surface area contributed by atoms with E-state index in [4.69, 9.17) is 25.4 Å². The van der Waals surface area contributed by atoms with Crippen molar-refractivity contribution in [3.8, 4) is 0 Å². The van der Waals surface area contributed by atoms with Crippen LogP contribution in [0.15, 0.2) is 0 Å². The van der Waals surface area contributed by atoms with Gasteiger partial charge in [0, 0.05) is 0 Å². The van der Waals surface area contributed by atoms with Crippen LogP contribution in [0.5, 0.6) is 0 Å². The summed E-state index contributed by atoms with van der Waals surface area (Å²) in [5, 5.41) is -2.17. The van der Waals surface area contributed by atoms with Gasteiger partial charge < -0.3 is 18.4 Å². The average Bonchev–Trinajstić information content (AvgIpc) is 3.05. The third kappa shape index (κ3) is 15.0. The second-order valence-corrected chi connectivity index (χ2v) is 15.6. The fraction of sp³-hybridized carbons (Fsp3) is 0.944. The van der Waals surface area contributed by atoms with Crippen LogP contribution in [0.2, 0.25) is 0 Å². The zero-order chi connectivity index (χ0) is 34.3. The third-order valence-corrected chi connectivity index (χ3v) is 12.4. The normalized spacial score (nSPS) is 17.8. The van der Waals surface area contributed by atoms with Gasteiger partial charge in [-0.25, -0.2) is 4.79 Å². The summed E-state index contributed by atoms with van der Waals surface area (Å²) in [7, 11) is -4.84. The smallest absolute Gasteiger partial charge is 0.346 e. The maximum absolute atomic E-state index is 14.8. The van der Waals surface area contributed by atoms with Crippen LogP contribution in [0.1, 0.15) is 171 Å².